The monoisotopic (exact) mass is 589 g/mol. The highest BCUT2D eigenvalue weighted by atomic mass is 32.2. The van der Waals surface area contributed by atoms with E-state index in [-0.39, 0.29) is 24.7 Å². The molecular weight excluding hydrogens is 554 g/mol. The molecule has 0 radical (unpaired) electrons. The molecular formula is C31H35N5O5S. The highest BCUT2D eigenvalue weighted by molar-refractivity contribution is 7.88. The number of para-hydroxylation sites is 1. The maximum absolute atomic E-state index is 12.6. The minimum atomic E-state index is -3.50. The number of nitrogens with one attached hydrogen (secondary N) is 2. The molecule has 0 aliphatic rings. The predicted octanol–water partition coefficient (Wildman–Crippen LogP) is 4.09. The molecule has 0 fully saturated rings. The number of phenols is 1. The Labute approximate surface area is 246 Å². The lowest BCUT2D eigenvalue weighted by Gasteiger charge is -2.20. The van der Waals surface area contributed by atoms with E-state index in [1.807, 2.05) is 42.5 Å². The average molecular weight is 590 g/mol. The van der Waals surface area contributed by atoms with Crippen LogP contribution in [0, 0.1) is 0 Å². The molecule has 0 aliphatic heterocycles. The Morgan fingerprint density at radius 1 is 0.976 bits per heavy atom. The first-order valence-corrected chi connectivity index (χ1v) is 15.4. The van der Waals surface area contributed by atoms with Crippen molar-refractivity contribution in [1.82, 2.24) is 19.6 Å². The van der Waals surface area contributed by atoms with E-state index in [0.29, 0.717) is 42.5 Å². The van der Waals surface area contributed by atoms with Crippen molar-refractivity contribution in [2.24, 2.45) is 0 Å². The SMILES string of the molecule is COc1ccccc1C(=O)NCCCN(Cc1cccc(-c2ccnc(NCCc3ccc(O)cc3)n2)c1)S(C)(=O)=O. The number of anilines is 1. The number of rotatable bonds is 14. The Kier molecular flexibility index (Phi) is 10.5. The lowest BCUT2D eigenvalue weighted by molar-refractivity contribution is 0.0949. The summed E-state index contributed by atoms with van der Waals surface area (Å²) in [6.45, 7) is 1.37. The van der Waals surface area contributed by atoms with E-state index in [1.54, 1.807) is 42.6 Å². The molecule has 1 amide bonds. The number of amides is 1. The predicted molar refractivity (Wildman–Crippen MR) is 163 cm³/mol. The number of ether oxygens (including phenoxy) is 1. The molecule has 0 saturated carbocycles. The van der Waals surface area contributed by atoms with Gasteiger partial charge in [-0.2, -0.15) is 4.31 Å². The van der Waals surface area contributed by atoms with Gasteiger partial charge in [-0.05, 0) is 60.4 Å². The third-order valence-corrected chi connectivity index (χ3v) is 7.81. The van der Waals surface area contributed by atoms with E-state index in [4.69, 9.17) is 4.74 Å². The first kappa shape index (κ1) is 30.5. The van der Waals surface area contributed by atoms with Crippen LogP contribution in [0.4, 0.5) is 5.95 Å². The zero-order chi connectivity index (χ0) is 30.0. The molecule has 0 bridgehead atoms. The van der Waals surface area contributed by atoms with Crippen LogP contribution in [0.1, 0.15) is 27.9 Å². The quantitative estimate of drug-likeness (QED) is 0.187. The molecule has 1 aromatic heterocycles. The van der Waals surface area contributed by atoms with Crippen LogP contribution >= 0.6 is 0 Å². The molecule has 220 valence electrons. The standard InChI is InChI=1S/C31H35N5O5S/c1-41-29-10-4-3-9-27(29)30(38)32-17-6-20-36(42(2,39)40)22-24-7-5-8-25(21-24)28-16-19-34-31(35-28)33-18-15-23-11-13-26(37)14-12-23/h3-5,7-14,16,19,21,37H,6,15,17-18,20,22H2,1-2H3,(H,32,38)(H,33,34,35). The number of methoxy groups -OCH3 is 1. The van der Waals surface area contributed by atoms with Crippen LogP contribution in [0.25, 0.3) is 11.3 Å². The molecule has 11 heteroatoms. The zero-order valence-corrected chi connectivity index (χ0v) is 24.5. The van der Waals surface area contributed by atoms with E-state index < -0.39 is 10.0 Å². The Balaban J connectivity index is 1.34. The van der Waals surface area contributed by atoms with Crippen molar-refractivity contribution in [1.29, 1.82) is 0 Å². The summed E-state index contributed by atoms with van der Waals surface area (Å²) in [6, 6.07) is 23.4. The number of carbonyl (C=O) groups excluding carboxylic acids is 1. The van der Waals surface area contributed by atoms with Crippen molar-refractivity contribution in [2.45, 2.75) is 19.4 Å². The highest BCUT2D eigenvalue weighted by Crippen LogP contribution is 2.21. The fourth-order valence-corrected chi connectivity index (χ4v) is 5.21. The Bertz CT molecular complexity index is 1600. The summed E-state index contributed by atoms with van der Waals surface area (Å²) < 4.78 is 31.8. The number of aromatic nitrogens is 2. The van der Waals surface area contributed by atoms with E-state index in [1.165, 1.54) is 17.7 Å². The van der Waals surface area contributed by atoms with Crippen LogP contribution < -0.4 is 15.4 Å². The molecule has 4 rings (SSSR count). The molecule has 0 atom stereocenters. The normalized spacial score (nSPS) is 11.3. The molecule has 3 aromatic carbocycles. The number of aromatic hydroxyl groups is 1. The number of phenolic OH excluding ortho intramolecular Hbond substituents is 1. The van der Waals surface area contributed by atoms with Crippen LogP contribution in [0.3, 0.4) is 0 Å². The van der Waals surface area contributed by atoms with Crippen molar-refractivity contribution in [2.75, 3.05) is 38.3 Å². The largest absolute Gasteiger partial charge is 0.508 e. The first-order valence-electron chi connectivity index (χ1n) is 13.5. The topological polar surface area (TPSA) is 134 Å². The van der Waals surface area contributed by atoms with Crippen LogP contribution in [0.5, 0.6) is 11.5 Å². The van der Waals surface area contributed by atoms with Crippen LogP contribution in [0.2, 0.25) is 0 Å². The second-order valence-corrected chi connectivity index (χ2v) is 11.7. The minimum absolute atomic E-state index is 0.190. The van der Waals surface area contributed by atoms with Crippen LogP contribution in [-0.2, 0) is 23.0 Å². The average Bonchev–Trinajstić information content (AvgIpc) is 2.99. The van der Waals surface area contributed by atoms with Crippen molar-refractivity contribution >= 4 is 21.9 Å². The number of nitrogens with zero attached hydrogens (tertiary/aromatic N) is 3. The summed E-state index contributed by atoms with van der Waals surface area (Å²) in [7, 11) is -1.99. The third-order valence-electron chi connectivity index (χ3n) is 6.56. The molecule has 42 heavy (non-hydrogen) atoms. The molecule has 1 heterocycles. The van der Waals surface area contributed by atoms with Crippen LogP contribution in [-0.4, -0.2) is 66.7 Å². The van der Waals surface area contributed by atoms with Gasteiger partial charge in [-0.25, -0.2) is 18.4 Å². The smallest absolute Gasteiger partial charge is 0.255 e. The van der Waals surface area contributed by atoms with Gasteiger partial charge in [-0.15, -0.1) is 0 Å². The van der Waals surface area contributed by atoms with Crippen molar-refractivity contribution in [3.05, 3.63) is 102 Å². The first-order chi connectivity index (χ1) is 20.2. The lowest BCUT2D eigenvalue weighted by Crippen LogP contribution is -2.33. The Morgan fingerprint density at radius 3 is 2.52 bits per heavy atom. The van der Waals surface area contributed by atoms with Gasteiger partial charge in [0.15, 0.2) is 0 Å². The summed E-state index contributed by atoms with van der Waals surface area (Å²) in [5.41, 5.74) is 3.88. The summed E-state index contributed by atoms with van der Waals surface area (Å²) in [4.78, 5) is 21.5. The summed E-state index contributed by atoms with van der Waals surface area (Å²) in [5.74, 6) is 0.932. The molecule has 4 aromatic rings. The molecule has 3 N–H and O–H groups in total. The fraction of sp³-hybridized carbons (Fsp3) is 0.258. The van der Waals surface area contributed by atoms with E-state index in [0.717, 1.165) is 23.1 Å². The second-order valence-electron chi connectivity index (χ2n) is 9.72. The summed E-state index contributed by atoms with van der Waals surface area (Å²) in [5, 5.41) is 15.5. The maximum atomic E-state index is 12.6. The van der Waals surface area contributed by atoms with Gasteiger partial charge in [-0.1, -0.05) is 42.5 Å². The van der Waals surface area contributed by atoms with Crippen molar-refractivity contribution < 1.29 is 23.1 Å². The van der Waals surface area contributed by atoms with Gasteiger partial charge in [0.25, 0.3) is 5.91 Å². The molecule has 0 unspecified atom stereocenters. The number of sulfonamides is 1. The van der Waals surface area contributed by atoms with Gasteiger partial charge in [0.2, 0.25) is 16.0 Å². The van der Waals surface area contributed by atoms with Gasteiger partial charge in [-0.3, -0.25) is 4.79 Å². The van der Waals surface area contributed by atoms with Crippen molar-refractivity contribution in [3.63, 3.8) is 0 Å². The fourth-order valence-electron chi connectivity index (χ4n) is 4.37. The number of carbonyl (C=O) groups is 1. The number of benzene rings is 3. The van der Waals surface area contributed by atoms with Gasteiger partial charge < -0.3 is 20.5 Å². The summed E-state index contributed by atoms with van der Waals surface area (Å²) in [6.07, 6.45) is 4.05. The number of hydrogen-bond acceptors (Lipinski definition) is 8. The summed E-state index contributed by atoms with van der Waals surface area (Å²) >= 11 is 0. The van der Waals surface area contributed by atoms with Gasteiger partial charge in [0.05, 0.1) is 24.6 Å². The number of hydrogen-bond donors (Lipinski definition) is 3. The highest BCUT2D eigenvalue weighted by Gasteiger charge is 2.18. The zero-order valence-electron chi connectivity index (χ0n) is 23.7. The Hall–Kier alpha value is -4.48. The maximum Gasteiger partial charge on any atom is 0.255 e. The van der Waals surface area contributed by atoms with E-state index in [2.05, 4.69) is 20.6 Å². The van der Waals surface area contributed by atoms with Crippen LogP contribution in [0.15, 0.2) is 85.1 Å². The van der Waals surface area contributed by atoms with E-state index >= 15 is 0 Å². The molecule has 0 spiro atoms. The molecule has 10 nitrogen and oxygen atoms in total. The third kappa shape index (κ3) is 8.76. The Morgan fingerprint density at radius 2 is 1.76 bits per heavy atom. The molecule has 0 saturated heterocycles. The van der Waals surface area contributed by atoms with Gasteiger partial charge in [0.1, 0.15) is 11.5 Å². The van der Waals surface area contributed by atoms with Gasteiger partial charge >= 0.3 is 0 Å². The lowest BCUT2D eigenvalue weighted by atomic mass is 10.1. The van der Waals surface area contributed by atoms with Crippen molar-refractivity contribution in [3.8, 4) is 22.8 Å². The second kappa shape index (κ2) is 14.4. The van der Waals surface area contributed by atoms with E-state index in [9.17, 15) is 18.3 Å². The minimum Gasteiger partial charge on any atom is -0.508 e. The van der Waals surface area contributed by atoms with Gasteiger partial charge in [0, 0.05) is 37.9 Å². The molecule has 0 aliphatic carbocycles.